The molecular weight excluding hydrogens is 304 g/mol. The number of benzene rings is 2. The Kier molecular flexibility index (Phi) is 4.36. The third kappa shape index (κ3) is 3.03. The first-order valence-corrected chi connectivity index (χ1v) is 7.92. The number of nitrogens with zero attached hydrogens (tertiary/aromatic N) is 1. The summed E-state index contributed by atoms with van der Waals surface area (Å²) in [7, 11) is 0. The first-order valence-electron chi connectivity index (χ1n) is 7.92. The molecule has 124 valence electrons. The van der Waals surface area contributed by atoms with E-state index in [4.69, 9.17) is 4.42 Å². The molecule has 0 unspecified atom stereocenters. The number of furan rings is 1. The Morgan fingerprint density at radius 1 is 1.21 bits per heavy atom. The Labute approximate surface area is 140 Å². The van der Waals surface area contributed by atoms with Gasteiger partial charge in [0, 0.05) is 23.6 Å². The summed E-state index contributed by atoms with van der Waals surface area (Å²) in [5.41, 5.74) is 3.71. The van der Waals surface area contributed by atoms with Crippen LogP contribution in [0.4, 0.5) is 5.69 Å². The Bertz CT molecular complexity index is 899. The maximum absolute atomic E-state index is 11.0. The Morgan fingerprint density at radius 3 is 2.67 bits per heavy atom. The van der Waals surface area contributed by atoms with E-state index in [0.717, 1.165) is 27.9 Å². The zero-order valence-corrected chi connectivity index (χ0v) is 14.0. The van der Waals surface area contributed by atoms with E-state index >= 15 is 0 Å². The summed E-state index contributed by atoms with van der Waals surface area (Å²) in [5, 5.41) is 15.6. The number of nitro groups is 1. The van der Waals surface area contributed by atoms with Crippen LogP contribution in [0.3, 0.4) is 0 Å². The van der Waals surface area contributed by atoms with Crippen molar-refractivity contribution in [2.75, 3.05) is 0 Å². The van der Waals surface area contributed by atoms with Crippen molar-refractivity contribution in [1.82, 2.24) is 5.32 Å². The minimum atomic E-state index is -0.342. The molecule has 0 amide bonds. The normalized spacial score (nSPS) is 12.5. The standard InChI is InChI=1S/C19H20N2O3/c1-12-8-9-15(10-17(12)21(22)23)11-20-14(3)19-13(2)16-6-4-5-7-18(16)24-19/h4-10,14,20H,11H2,1-3H3/t14-/m1/s1. The molecule has 0 fully saturated rings. The van der Waals surface area contributed by atoms with Crippen LogP contribution in [-0.4, -0.2) is 4.92 Å². The average molecular weight is 324 g/mol. The van der Waals surface area contributed by atoms with Crippen molar-refractivity contribution in [3.63, 3.8) is 0 Å². The molecule has 3 aromatic rings. The fourth-order valence-corrected chi connectivity index (χ4v) is 2.93. The molecule has 0 saturated carbocycles. The third-order valence-electron chi connectivity index (χ3n) is 4.36. The number of hydrogen-bond donors (Lipinski definition) is 1. The summed E-state index contributed by atoms with van der Waals surface area (Å²) in [6.45, 7) is 6.37. The van der Waals surface area contributed by atoms with Crippen LogP contribution >= 0.6 is 0 Å². The van der Waals surface area contributed by atoms with Crippen molar-refractivity contribution >= 4 is 16.7 Å². The van der Waals surface area contributed by atoms with Gasteiger partial charge in [-0.1, -0.05) is 30.3 Å². The quantitative estimate of drug-likeness (QED) is 0.540. The van der Waals surface area contributed by atoms with Crippen molar-refractivity contribution in [3.8, 4) is 0 Å². The molecule has 0 aliphatic carbocycles. The summed E-state index contributed by atoms with van der Waals surface area (Å²) in [4.78, 5) is 10.7. The number of para-hydroxylation sites is 1. The maximum atomic E-state index is 11.0. The van der Waals surface area contributed by atoms with Crippen LogP contribution in [0.1, 0.15) is 35.4 Å². The molecule has 0 spiro atoms. The van der Waals surface area contributed by atoms with Crippen molar-refractivity contribution in [3.05, 3.63) is 75.0 Å². The molecule has 24 heavy (non-hydrogen) atoms. The number of nitro benzene ring substituents is 1. The van der Waals surface area contributed by atoms with Gasteiger partial charge in [0.2, 0.25) is 0 Å². The van der Waals surface area contributed by atoms with Gasteiger partial charge in [0.25, 0.3) is 5.69 Å². The second-order valence-electron chi connectivity index (χ2n) is 6.07. The van der Waals surface area contributed by atoms with E-state index in [1.165, 1.54) is 0 Å². The molecule has 3 rings (SSSR count). The number of fused-ring (bicyclic) bond motifs is 1. The number of nitrogens with one attached hydrogen (secondary N) is 1. The van der Waals surface area contributed by atoms with Gasteiger partial charge in [-0.25, -0.2) is 0 Å². The SMILES string of the molecule is Cc1ccc(CN[C@H](C)c2oc3ccccc3c2C)cc1[N+](=O)[O-]. The molecular formula is C19H20N2O3. The Balaban J connectivity index is 1.77. The lowest BCUT2D eigenvalue weighted by atomic mass is 10.1. The summed E-state index contributed by atoms with van der Waals surface area (Å²) >= 11 is 0. The van der Waals surface area contributed by atoms with E-state index in [2.05, 4.69) is 12.2 Å². The topological polar surface area (TPSA) is 68.3 Å². The number of rotatable bonds is 5. The van der Waals surface area contributed by atoms with Crippen LogP contribution in [0.25, 0.3) is 11.0 Å². The molecule has 1 aromatic heterocycles. The fraction of sp³-hybridized carbons (Fsp3) is 0.263. The third-order valence-corrected chi connectivity index (χ3v) is 4.36. The van der Waals surface area contributed by atoms with E-state index in [-0.39, 0.29) is 16.7 Å². The summed E-state index contributed by atoms with van der Waals surface area (Å²) in [6, 6.07) is 13.3. The monoisotopic (exact) mass is 324 g/mol. The summed E-state index contributed by atoms with van der Waals surface area (Å²) in [6.07, 6.45) is 0. The highest BCUT2D eigenvalue weighted by Crippen LogP contribution is 2.29. The van der Waals surface area contributed by atoms with Gasteiger partial charge in [0.1, 0.15) is 11.3 Å². The lowest BCUT2D eigenvalue weighted by Crippen LogP contribution is -2.18. The van der Waals surface area contributed by atoms with Gasteiger partial charge in [-0.2, -0.15) is 0 Å². The van der Waals surface area contributed by atoms with E-state index in [0.29, 0.717) is 12.1 Å². The zero-order valence-electron chi connectivity index (χ0n) is 14.0. The minimum Gasteiger partial charge on any atom is -0.459 e. The molecule has 1 heterocycles. The van der Waals surface area contributed by atoms with E-state index in [1.807, 2.05) is 37.3 Å². The van der Waals surface area contributed by atoms with Gasteiger partial charge in [0.05, 0.1) is 11.0 Å². The Hall–Kier alpha value is -2.66. The molecule has 0 aliphatic heterocycles. The lowest BCUT2D eigenvalue weighted by Gasteiger charge is -2.13. The predicted molar refractivity (Wildman–Crippen MR) is 94.0 cm³/mol. The maximum Gasteiger partial charge on any atom is 0.272 e. The lowest BCUT2D eigenvalue weighted by molar-refractivity contribution is -0.385. The van der Waals surface area contributed by atoms with Crippen LogP contribution in [0.2, 0.25) is 0 Å². The number of aryl methyl sites for hydroxylation is 2. The highest BCUT2D eigenvalue weighted by Gasteiger charge is 2.17. The van der Waals surface area contributed by atoms with Crippen molar-refractivity contribution < 1.29 is 9.34 Å². The first kappa shape index (κ1) is 16.2. The first-order chi connectivity index (χ1) is 11.5. The van der Waals surface area contributed by atoms with Crippen LogP contribution in [0, 0.1) is 24.0 Å². The smallest absolute Gasteiger partial charge is 0.272 e. The molecule has 0 radical (unpaired) electrons. The van der Waals surface area contributed by atoms with Gasteiger partial charge in [-0.15, -0.1) is 0 Å². The van der Waals surface area contributed by atoms with Crippen molar-refractivity contribution in [2.24, 2.45) is 0 Å². The molecule has 0 saturated heterocycles. The predicted octanol–water partition coefficient (Wildman–Crippen LogP) is 4.81. The molecule has 5 nitrogen and oxygen atoms in total. The van der Waals surface area contributed by atoms with Gasteiger partial charge in [-0.3, -0.25) is 10.1 Å². The molecule has 1 atom stereocenters. The highest BCUT2D eigenvalue weighted by molar-refractivity contribution is 5.82. The van der Waals surface area contributed by atoms with Crippen molar-refractivity contribution in [2.45, 2.75) is 33.4 Å². The van der Waals surface area contributed by atoms with Crippen molar-refractivity contribution in [1.29, 1.82) is 0 Å². The molecule has 1 N–H and O–H groups in total. The van der Waals surface area contributed by atoms with Crippen LogP contribution in [-0.2, 0) is 6.54 Å². The fourth-order valence-electron chi connectivity index (χ4n) is 2.93. The molecule has 0 bridgehead atoms. The van der Waals surface area contributed by atoms with Crippen LogP contribution < -0.4 is 5.32 Å². The van der Waals surface area contributed by atoms with E-state index < -0.39 is 0 Å². The molecule has 2 aromatic carbocycles. The van der Waals surface area contributed by atoms with Crippen LogP contribution in [0.5, 0.6) is 0 Å². The highest BCUT2D eigenvalue weighted by atomic mass is 16.6. The summed E-state index contributed by atoms with van der Waals surface area (Å²) in [5.74, 6) is 0.901. The number of hydrogen-bond acceptors (Lipinski definition) is 4. The molecule has 5 heteroatoms. The second kappa shape index (κ2) is 6.45. The Morgan fingerprint density at radius 2 is 1.96 bits per heavy atom. The van der Waals surface area contributed by atoms with E-state index in [1.54, 1.807) is 19.1 Å². The van der Waals surface area contributed by atoms with Crippen LogP contribution in [0.15, 0.2) is 46.9 Å². The van der Waals surface area contributed by atoms with Gasteiger partial charge >= 0.3 is 0 Å². The van der Waals surface area contributed by atoms with E-state index in [9.17, 15) is 10.1 Å². The van der Waals surface area contributed by atoms with Gasteiger partial charge < -0.3 is 9.73 Å². The largest absolute Gasteiger partial charge is 0.459 e. The van der Waals surface area contributed by atoms with Gasteiger partial charge in [0.15, 0.2) is 0 Å². The zero-order chi connectivity index (χ0) is 17.3. The summed E-state index contributed by atoms with van der Waals surface area (Å²) < 4.78 is 5.96. The average Bonchev–Trinajstić information content (AvgIpc) is 2.91. The second-order valence-corrected chi connectivity index (χ2v) is 6.07. The minimum absolute atomic E-state index is 0.0118. The molecule has 0 aliphatic rings. The van der Waals surface area contributed by atoms with Gasteiger partial charge in [-0.05, 0) is 38.0 Å².